The predicted molar refractivity (Wildman–Crippen MR) is 112 cm³/mol. The Labute approximate surface area is 159 Å². The summed E-state index contributed by atoms with van der Waals surface area (Å²) >= 11 is 0. The van der Waals surface area contributed by atoms with Crippen molar-refractivity contribution in [3.8, 4) is 11.1 Å². The number of nitrogens with one attached hydrogen (secondary N) is 2. The number of aromatic nitrogens is 1. The van der Waals surface area contributed by atoms with Gasteiger partial charge in [0.05, 0.1) is 6.61 Å². The van der Waals surface area contributed by atoms with Crippen LogP contribution in [-0.4, -0.2) is 22.7 Å². The van der Waals surface area contributed by atoms with E-state index in [9.17, 15) is 5.11 Å². The molecule has 0 aliphatic rings. The zero-order chi connectivity index (χ0) is 18.5. The molecule has 0 spiro atoms. The van der Waals surface area contributed by atoms with Crippen LogP contribution in [0, 0.1) is 0 Å². The van der Waals surface area contributed by atoms with E-state index >= 15 is 0 Å². The smallest absolute Gasteiger partial charge is 0.0588 e. The summed E-state index contributed by atoms with van der Waals surface area (Å²) < 4.78 is 0. The lowest BCUT2D eigenvalue weighted by molar-refractivity contribution is 0.241. The molecule has 1 unspecified atom stereocenters. The van der Waals surface area contributed by atoms with Gasteiger partial charge in [-0.2, -0.15) is 0 Å². The highest BCUT2D eigenvalue weighted by atomic mass is 16.3. The van der Waals surface area contributed by atoms with Gasteiger partial charge in [0.1, 0.15) is 0 Å². The van der Waals surface area contributed by atoms with E-state index in [2.05, 4.69) is 77.0 Å². The fourth-order valence-electron chi connectivity index (χ4n) is 3.48. The molecule has 0 amide bonds. The second-order valence-electron chi connectivity index (χ2n) is 6.89. The van der Waals surface area contributed by atoms with Gasteiger partial charge in [0.15, 0.2) is 0 Å². The van der Waals surface area contributed by atoms with Gasteiger partial charge in [0.25, 0.3) is 0 Å². The normalized spacial score (nSPS) is 12.3. The highest BCUT2D eigenvalue weighted by molar-refractivity contribution is 5.83. The van der Waals surface area contributed by atoms with Gasteiger partial charge < -0.3 is 15.4 Å². The third kappa shape index (κ3) is 4.11. The van der Waals surface area contributed by atoms with E-state index in [4.69, 9.17) is 0 Å². The van der Waals surface area contributed by atoms with Crippen LogP contribution in [0.15, 0.2) is 85.1 Å². The monoisotopic (exact) mass is 356 g/mol. The highest BCUT2D eigenvalue weighted by Gasteiger charge is 2.11. The summed E-state index contributed by atoms with van der Waals surface area (Å²) in [5, 5.41) is 14.5. The summed E-state index contributed by atoms with van der Waals surface area (Å²) in [5.74, 6) is 0. The molecule has 0 saturated carbocycles. The first kappa shape index (κ1) is 17.5. The maximum atomic E-state index is 9.80. The molecule has 1 atom stereocenters. The molecule has 27 heavy (non-hydrogen) atoms. The molecule has 0 fully saturated rings. The third-order valence-electron chi connectivity index (χ3n) is 5.02. The lowest BCUT2D eigenvalue weighted by Crippen LogP contribution is -2.33. The Morgan fingerprint density at radius 3 is 2.30 bits per heavy atom. The molecule has 136 valence electrons. The van der Waals surface area contributed by atoms with Crippen molar-refractivity contribution >= 4 is 10.9 Å². The zero-order valence-electron chi connectivity index (χ0n) is 15.2. The Bertz CT molecular complexity index is 990. The minimum atomic E-state index is 0.0259. The number of hydrogen-bond acceptors (Lipinski definition) is 2. The van der Waals surface area contributed by atoms with Crippen LogP contribution in [0.2, 0.25) is 0 Å². The zero-order valence-corrected chi connectivity index (χ0v) is 15.2. The number of hydrogen-bond donors (Lipinski definition) is 3. The first-order chi connectivity index (χ1) is 13.3. The molecule has 3 heteroatoms. The van der Waals surface area contributed by atoms with Crippen LogP contribution in [0.1, 0.15) is 11.1 Å². The van der Waals surface area contributed by atoms with Gasteiger partial charge in [-0.3, -0.25) is 0 Å². The van der Waals surface area contributed by atoms with E-state index in [1.54, 1.807) is 0 Å². The molecule has 0 aliphatic carbocycles. The topological polar surface area (TPSA) is 48.0 Å². The molecule has 3 nitrogen and oxygen atoms in total. The van der Waals surface area contributed by atoms with Crippen LogP contribution in [0.4, 0.5) is 0 Å². The van der Waals surface area contributed by atoms with Crippen molar-refractivity contribution in [2.75, 3.05) is 6.61 Å². The fraction of sp³-hybridized carbons (Fsp3) is 0.167. The van der Waals surface area contributed by atoms with Gasteiger partial charge in [0, 0.05) is 29.7 Å². The molecule has 0 bridgehead atoms. The molecular formula is C24H24N2O. The van der Waals surface area contributed by atoms with Crippen molar-refractivity contribution in [2.45, 2.75) is 19.0 Å². The summed E-state index contributed by atoms with van der Waals surface area (Å²) in [6, 6.07) is 27.3. The van der Waals surface area contributed by atoms with Crippen LogP contribution in [-0.2, 0) is 13.0 Å². The maximum Gasteiger partial charge on any atom is 0.0588 e. The quantitative estimate of drug-likeness (QED) is 0.456. The van der Waals surface area contributed by atoms with E-state index in [0.29, 0.717) is 0 Å². The van der Waals surface area contributed by atoms with Gasteiger partial charge in [-0.1, -0.05) is 72.8 Å². The Hall–Kier alpha value is -2.88. The van der Waals surface area contributed by atoms with Crippen molar-refractivity contribution < 1.29 is 5.11 Å². The van der Waals surface area contributed by atoms with E-state index in [1.807, 2.05) is 18.3 Å². The Kier molecular flexibility index (Phi) is 5.33. The summed E-state index contributed by atoms with van der Waals surface area (Å²) in [6.45, 7) is 0.851. The largest absolute Gasteiger partial charge is 0.395 e. The number of rotatable bonds is 7. The Morgan fingerprint density at radius 1 is 0.815 bits per heavy atom. The Morgan fingerprint density at radius 2 is 1.52 bits per heavy atom. The number of aliphatic hydroxyl groups is 1. The van der Waals surface area contributed by atoms with Crippen LogP contribution in [0.25, 0.3) is 22.0 Å². The molecular weight excluding hydrogens is 332 g/mol. The minimum Gasteiger partial charge on any atom is -0.395 e. The number of H-pyrrole nitrogens is 1. The van der Waals surface area contributed by atoms with Crippen LogP contribution >= 0.6 is 0 Å². The van der Waals surface area contributed by atoms with Gasteiger partial charge in [-0.25, -0.2) is 0 Å². The average Bonchev–Trinajstić information content (AvgIpc) is 3.15. The standard InChI is InChI=1S/C24H24N2O/c27-17-22(14-21-16-26-24-9-5-4-8-23(21)24)25-15-18-10-12-20(13-11-18)19-6-2-1-3-7-19/h1-13,16,22,25-27H,14-15,17H2. The molecule has 0 radical (unpaired) electrons. The molecule has 1 heterocycles. The lowest BCUT2D eigenvalue weighted by Gasteiger charge is -2.16. The highest BCUT2D eigenvalue weighted by Crippen LogP contribution is 2.20. The maximum absolute atomic E-state index is 9.80. The van der Waals surface area contributed by atoms with Gasteiger partial charge >= 0.3 is 0 Å². The summed E-state index contributed by atoms with van der Waals surface area (Å²) in [5.41, 5.74) is 6.03. The Balaban J connectivity index is 1.39. The molecule has 1 aromatic heterocycles. The van der Waals surface area contributed by atoms with Crippen molar-refractivity contribution in [3.63, 3.8) is 0 Å². The number of fused-ring (bicyclic) bond motifs is 1. The molecule has 0 aliphatic heterocycles. The summed E-state index contributed by atoms with van der Waals surface area (Å²) in [4.78, 5) is 3.30. The minimum absolute atomic E-state index is 0.0259. The summed E-state index contributed by atoms with van der Waals surface area (Å²) in [7, 11) is 0. The van der Waals surface area contributed by atoms with E-state index in [1.165, 1.54) is 27.6 Å². The van der Waals surface area contributed by atoms with Crippen molar-refractivity contribution in [1.82, 2.24) is 10.3 Å². The molecule has 3 N–H and O–H groups in total. The van der Waals surface area contributed by atoms with Gasteiger partial charge in [0.2, 0.25) is 0 Å². The average molecular weight is 356 g/mol. The fourth-order valence-corrected chi connectivity index (χ4v) is 3.48. The molecule has 4 rings (SSSR count). The molecule has 3 aromatic carbocycles. The first-order valence-electron chi connectivity index (χ1n) is 9.37. The van der Waals surface area contributed by atoms with Crippen molar-refractivity contribution in [1.29, 1.82) is 0 Å². The van der Waals surface area contributed by atoms with Crippen LogP contribution in [0.3, 0.4) is 0 Å². The van der Waals surface area contributed by atoms with E-state index in [0.717, 1.165) is 18.5 Å². The number of benzene rings is 3. The third-order valence-corrected chi connectivity index (χ3v) is 5.02. The SMILES string of the molecule is OCC(Cc1c[nH]c2ccccc12)NCc1ccc(-c2ccccc2)cc1. The number of aliphatic hydroxyl groups excluding tert-OH is 1. The number of para-hydroxylation sites is 1. The van der Waals surface area contributed by atoms with E-state index in [-0.39, 0.29) is 12.6 Å². The molecule has 0 saturated heterocycles. The lowest BCUT2D eigenvalue weighted by atomic mass is 10.0. The summed E-state index contributed by atoms with van der Waals surface area (Å²) in [6.07, 6.45) is 2.84. The van der Waals surface area contributed by atoms with Gasteiger partial charge in [-0.05, 0) is 34.7 Å². The first-order valence-corrected chi connectivity index (χ1v) is 9.37. The van der Waals surface area contributed by atoms with Crippen LogP contribution in [0.5, 0.6) is 0 Å². The number of aromatic amines is 1. The van der Waals surface area contributed by atoms with Crippen molar-refractivity contribution in [2.24, 2.45) is 0 Å². The molecule has 4 aromatic rings. The second-order valence-corrected chi connectivity index (χ2v) is 6.89. The van der Waals surface area contributed by atoms with E-state index < -0.39 is 0 Å². The van der Waals surface area contributed by atoms with Gasteiger partial charge in [-0.15, -0.1) is 0 Å². The predicted octanol–water partition coefficient (Wildman–Crippen LogP) is 4.53. The second kappa shape index (κ2) is 8.21. The van der Waals surface area contributed by atoms with Crippen molar-refractivity contribution in [3.05, 3.63) is 96.2 Å². The van der Waals surface area contributed by atoms with Crippen LogP contribution < -0.4 is 5.32 Å².